The van der Waals surface area contributed by atoms with Gasteiger partial charge in [-0.15, -0.1) is 0 Å². The number of carbonyl (C=O) groups is 1. The monoisotopic (exact) mass is 467 g/mol. The van der Waals surface area contributed by atoms with Gasteiger partial charge in [-0.25, -0.2) is 0 Å². The number of ether oxygens (including phenoxy) is 5. The van der Waals surface area contributed by atoms with E-state index in [4.69, 9.17) is 28.1 Å². The molecule has 0 bridgehead atoms. The fraction of sp³-hybridized carbons (Fsp3) is 0.346. The van der Waals surface area contributed by atoms with E-state index in [-0.39, 0.29) is 11.5 Å². The van der Waals surface area contributed by atoms with Crippen LogP contribution in [0.4, 0.5) is 5.69 Å². The van der Waals surface area contributed by atoms with E-state index in [1.165, 1.54) is 7.11 Å². The van der Waals surface area contributed by atoms with Crippen molar-refractivity contribution in [3.63, 3.8) is 0 Å². The summed E-state index contributed by atoms with van der Waals surface area (Å²) in [7, 11) is 6.15. The predicted molar refractivity (Wildman–Crippen MR) is 127 cm³/mol. The summed E-state index contributed by atoms with van der Waals surface area (Å²) >= 11 is 0. The lowest BCUT2D eigenvalue weighted by Gasteiger charge is -2.29. The van der Waals surface area contributed by atoms with Crippen molar-refractivity contribution >= 4 is 11.5 Å². The minimum atomic E-state index is -0.780. The number of benzene rings is 2. The lowest BCUT2D eigenvalue weighted by molar-refractivity contribution is 0.0577. The summed E-state index contributed by atoms with van der Waals surface area (Å²) in [6.45, 7) is 3.13. The van der Waals surface area contributed by atoms with Gasteiger partial charge < -0.3 is 33.0 Å². The fourth-order valence-electron chi connectivity index (χ4n) is 4.05. The van der Waals surface area contributed by atoms with Crippen molar-refractivity contribution in [2.45, 2.75) is 6.10 Å². The molecule has 1 unspecified atom stereocenters. The van der Waals surface area contributed by atoms with E-state index in [2.05, 4.69) is 4.90 Å². The normalized spacial score (nSPS) is 14.5. The van der Waals surface area contributed by atoms with Gasteiger partial charge in [-0.05, 0) is 42.0 Å². The van der Waals surface area contributed by atoms with Gasteiger partial charge in [0.25, 0.3) is 0 Å². The van der Waals surface area contributed by atoms with E-state index < -0.39 is 6.10 Å². The maximum Gasteiger partial charge on any atom is 0.231 e. The van der Waals surface area contributed by atoms with Crippen LogP contribution in [0.25, 0.3) is 11.3 Å². The Kier molecular flexibility index (Phi) is 7.40. The first kappa shape index (κ1) is 23.7. The summed E-state index contributed by atoms with van der Waals surface area (Å²) in [6.07, 6.45) is -0.780. The number of rotatable bonds is 9. The number of nitrogens with zero attached hydrogens (tertiary/aromatic N) is 1. The van der Waals surface area contributed by atoms with Crippen LogP contribution in [0.1, 0.15) is 22.2 Å². The average Bonchev–Trinajstić information content (AvgIpc) is 3.39. The largest absolute Gasteiger partial charge is 0.493 e. The van der Waals surface area contributed by atoms with Gasteiger partial charge >= 0.3 is 0 Å². The number of Topliss-reactive ketones (excluding diaryl/α,β-unsaturated/α-hetero) is 1. The second-order valence-corrected chi connectivity index (χ2v) is 7.75. The first-order valence-electron chi connectivity index (χ1n) is 11.0. The average molecular weight is 468 g/mol. The molecule has 1 aromatic heterocycles. The molecule has 0 radical (unpaired) electrons. The Morgan fingerprint density at radius 3 is 2.09 bits per heavy atom. The van der Waals surface area contributed by atoms with Crippen LogP contribution in [0.3, 0.4) is 0 Å². The smallest absolute Gasteiger partial charge is 0.231 e. The molecule has 8 nitrogen and oxygen atoms in total. The van der Waals surface area contributed by atoms with E-state index in [0.717, 1.165) is 24.3 Å². The molecule has 1 aliphatic rings. The van der Waals surface area contributed by atoms with Crippen molar-refractivity contribution in [3.05, 3.63) is 59.9 Å². The molecular weight excluding hydrogens is 438 g/mol. The minimum absolute atomic E-state index is 0.202. The molecule has 0 aliphatic carbocycles. The highest BCUT2D eigenvalue weighted by molar-refractivity contribution is 5.98. The number of methoxy groups -OCH3 is 4. The molecule has 4 rings (SSSR count). The maximum absolute atomic E-state index is 13.2. The van der Waals surface area contributed by atoms with Gasteiger partial charge in [0, 0.05) is 31.5 Å². The van der Waals surface area contributed by atoms with Gasteiger partial charge in [-0.2, -0.15) is 0 Å². The molecule has 1 atom stereocenters. The van der Waals surface area contributed by atoms with E-state index in [1.54, 1.807) is 45.6 Å². The van der Waals surface area contributed by atoms with Crippen molar-refractivity contribution in [3.8, 4) is 28.6 Å². The zero-order chi connectivity index (χ0) is 24.1. The Hall–Kier alpha value is -3.49. The number of anilines is 1. The highest BCUT2D eigenvalue weighted by atomic mass is 16.5. The van der Waals surface area contributed by atoms with E-state index in [1.807, 2.05) is 24.3 Å². The Bertz CT molecular complexity index is 1090. The van der Waals surface area contributed by atoms with Gasteiger partial charge in [0.1, 0.15) is 11.9 Å². The molecule has 34 heavy (non-hydrogen) atoms. The van der Waals surface area contributed by atoms with E-state index in [0.29, 0.717) is 41.8 Å². The van der Waals surface area contributed by atoms with Gasteiger partial charge in [0.05, 0.1) is 34.5 Å². The molecule has 3 aromatic rings. The third kappa shape index (κ3) is 4.73. The Morgan fingerprint density at radius 2 is 1.53 bits per heavy atom. The molecule has 2 aromatic carbocycles. The number of ketones is 1. The van der Waals surface area contributed by atoms with Crippen molar-refractivity contribution < 1.29 is 32.9 Å². The molecule has 2 heterocycles. The van der Waals surface area contributed by atoms with Crippen LogP contribution in [0.2, 0.25) is 0 Å². The van der Waals surface area contributed by atoms with Gasteiger partial charge in [-0.3, -0.25) is 4.79 Å². The predicted octanol–water partition coefficient (Wildman–Crippen LogP) is 4.38. The van der Waals surface area contributed by atoms with Crippen molar-refractivity contribution in [1.29, 1.82) is 0 Å². The van der Waals surface area contributed by atoms with Crippen LogP contribution >= 0.6 is 0 Å². The third-order valence-corrected chi connectivity index (χ3v) is 5.84. The topological polar surface area (TPSA) is 79.6 Å². The number of hydrogen-bond acceptors (Lipinski definition) is 8. The first-order valence-corrected chi connectivity index (χ1v) is 11.0. The number of morpholine rings is 1. The zero-order valence-electron chi connectivity index (χ0n) is 19.8. The van der Waals surface area contributed by atoms with Crippen LogP contribution in [-0.4, -0.2) is 60.5 Å². The lowest BCUT2D eigenvalue weighted by Crippen LogP contribution is -2.36. The second kappa shape index (κ2) is 10.6. The molecule has 1 aliphatic heterocycles. The van der Waals surface area contributed by atoms with Gasteiger partial charge in [0.2, 0.25) is 11.5 Å². The van der Waals surface area contributed by atoms with Crippen molar-refractivity contribution in [1.82, 2.24) is 0 Å². The molecule has 0 saturated carbocycles. The molecule has 0 spiro atoms. The molecule has 1 fully saturated rings. The standard InChI is InChI=1S/C26H29NO7/c1-29-22-15-18(16-23(30-2)26(22)32-4)20-9-10-21(34-20)24(28)25(31-3)17-5-7-19(8-6-17)27-11-13-33-14-12-27/h5-10,15-16,25H,11-14H2,1-4H3. The Labute approximate surface area is 198 Å². The van der Waals surface area contributed by atoms with Crippen LogP contribution in [0.15, 0.2) is 52.9 Å². The Balaban J connectivity index is 1.56. The Morgan fingerprint density at radius 1 is 0.882 bits per heavy atom. The van der Waals surface area contributed by atoms with E-state index in [9.17, 15) is 4.79 Å². The highest BCUT2D eigenvalue weighted by Gasteiger charge is 2.26. The van der Waals surface area contributed by atoms with Crippen LogP contribution in [0.5, 0.6) is 17.2 Å². The summed E-state index contributed by atoms with van der Waals surface area (Å²) in [6, 6.07) is 14.8. The van der Waals surface area contributed by atoms with Crippen LogP contribution < -0.4 is 19.1 Å². The third-order valence-electron chi connectivity index (χ3n) is 5.84. The molecule has 1 saturated heterocycles. The summed E-state index contributed by atoms with van der Waals surface area (Å²) in [5, 5.41) is 0. The second-order valence-electron chi connectivity index (χ2n) is 7.75. The molecule has 180 valence electrons. The molecule has 0 amide bonds. The van der Waals surface area contributed by atoms with Crippen molar-refractivity contribution in [2.24, 2.45) is 0 Å². The molecule has 8 heteroatoms. The molecular formula is C26H29NO7. The number of furan rings is 1. The number of hydrogen-bond donors (Lipinski definition) is 0. The minimum Gasteiger partial charge on any atom is -0.493 e. The van der Waals surface area contributed by atoms with Gasteiger partial charge in [-0.1, -0.05) is 12.1 Å². The highest BCUT2D eigenvalue weighted by Crippen LogP contribution is 2.41. The zero-order valence-corrected chi connectivity index (χ0v) is 19.8. The van der Waals surface area contributed by atoms with E-state index >= 15 is 0 Å². The maximum atomic E-state index is 13.2. The first-order chi connectivity index (χ1) is 16.6. The number of carbonyl (C=O) groups excluding carboxylic acids is 1. The van der Waals surface area contributed by atoms with Crippen molar-refractivity contribution in [2.75, 3.05) is 59.6 Å². The fourth-order valence-corrected chi connectivity index (χ4v) is 4.05. The van der Waals surface area contributed by atoms with Crippen LogP contribution in [0, 0.1) is 0 Å². The summed E-state index contributed by atoms with van der Waals surface area (Å²) < 4.78 is 33.1. The summed E-state index contributed by atoms with van der Waals surface area (Å²) in [4.78, 5) is 15.5. The lowest BCUT2D eigenvalue weighted by atomic mass is 10.0. The van der Waals surface area contributed by atoms with Gasteiger partial charge in [0.15, 0.2) is 17.3 Å². The summed E-state index contributed by atoms with van der Waals surface area (Å²) in [5.74, 6) is 1.91. The quantitative estimate of drug-likeness (QED) is 0.429. The summed E-state index contributed by atoms with van der Waals surface area (Å²) in [5.41, 5.74) is 2.55. The molecule has 0 N–H and O–H groups in total. The van der Waals surface area contributed by atoms with Crippen LogP contribution in [-0.2, 0) is 9.47 Å². The SMILES string of the molecule is COc1cc(-c2ccc(C(=O)C(OC)c3ccc(N4CCOCC4)cc3)o2)cc(OC)c1OC.